The van der Waals surface area contributed by atoms with Gasteiger partial charge in [0.2, 0.25) is 0 Å². The van der Waals surface area contributed by atoms with Gasteiger partial charge in [-0.25, -0.2) is 4.98 Å². The highest BCUT2D eigenvalue weighted by molar-refractivity contribution is 6.29. The predicted molar refractivity (Wildman–Crippen MR) is 70.1 cm³/mol. The van der Waals surface area contributed by atoms with Crippen molar-refractivity contribution in [2.75, 3.05) is 0 Å². The summed E-state index contributed by atoms with van der Waals surface area (Å²) in [5.41, 5.74) is 1.61. The number of ether oxygens (including phenoxy) is 1. The van der Waals surface area contributed by atoms with E-state index in [1.807, 2.05) is 12.1 Å². The van der Waals surface area contributed by atoms with Gasteiger partial charge in [0.25, 0.3) is 0 Å². The van der Waals surface area contributed by atoms with E-state index in [-0.39, 0.29) is 0 Å². The third kappa shape index (κ3) is 3.97. The maximum absolute atomic E-state index is 5.93. The van der Waals surface area contributed by atoms with Crippen molar-refractivity contribution in [3.63, 3.8) is 0 Å². The van der Waals surface area contributed by atoms with Gasteiger partial charge in [0, 0.05) is 6.20 Å². The summed E-state index contributed by atoms with van der Waals surface area (Å²) in [6.45, 7) is 5.32. The van der Waals surface area contributed by atoms with Crippen molar-refractivity contribution in [1.82, 2.24) is 4.98 Å². The summed E-state index contributed by atoms with van der Waals surface area (Å²) in [5.74, 6) is 0. The average Bonchev–Trinajstić information content (AvgIpc) is 2.28. The van der Waals surface area contributed by atoms with Gasteiger partial charge in [-0.15, -0.1) is 0 Å². The predicted octanol–water partition coefficient (Wildman–Crippen LogP) is 4.22. The highest BCUT2D eigenvalue weighted by Gasteiger charge is 2.27. The lowest BCUT2D eigenvalue weighted by Gasteiger charge is -2.34. The standard InChI is InChI=1S/C14H20ClNO/c1-14(2)6-3-12(4-7-14)17-10-11-5-8-16-13(15)9-11/h5,8-9,12H,3-4,6-7,10H2,1-2H3. The lowest BCUT2D eigenvalue weighted by molar-refractivity contribution is -0.00560. The van der Waals surface area contributed by atoms with E-state index in [1.54, 1.807) is 6.20 Å². The van der Waals surface area contributed by atoms with Crippen LogP contribution in [0.25, 0.3) is 0 Å². The monoisotopic (exact) mass is 253 g/mol. The van der Waals surface area contributed by atoms with Gasteiger partial charge < -0.3 is 4.74 Å². The smallest absolute Gasteiger partial charge is 0.129 e. The molecule has 3 heteroatoms. The quantitative estimate of drug-likeness (QED) is 0.753. The molecule has 1 aliphatic rings. The molecule has 0 saturated heterocycles. The summed E-state index contributed by atoms with van der Waals surface area (Å²) in [4.78, 5) is 3.96. The molecule has 2 nitrogen and oxygen atoms in total. The maximum Gasteiger partial charge on any atom is 0.129 e. The molecule has 0 N–H and O–H groups in total. The number of hydrogen-bond acceptors (Lipinski definition) is 2. The van der Waals surface area contributed by atoms with Crippen molar-refractivity contribution in [3.05, 3.63) is 29.0 Å². The molecule has 1 aromatic heterocycles. The van der Waals surface area contributed by atoms with E-state index in [2.05, 4.69) is 18.8 Å². The van der Waals surface area contributed by atoms with Gasteiger partial charge in [-0.3, -0.25) is 0 Å². The highest BCUT2D eigenvalue weighted by atomic mass is 35.5. The van der Waals surface area contributed by atoms with Crippen LogP contribution in [-0.2, 0) is 11.3 Å². The van der Waals surface area contributed by atoms with E-state index in [0.29, 0.717) is 23.3 Å². The summed E-state index contributed by atoms with van der Waals surface area (Å²) in [5, 5.41) is 0.538. The fourth-order valence-corrected chi connectivity index (χ4v) is 2.48. The lowest BCUT2D eigenvalue weighted by Crippen LogP contribution is -2.26. The summed E-state index contributed by atoms with van der Waals surface area (Å²) in [6.07, 6.45) is 7.00. The van der Waals surface area contributed by atoms with E-state index >= 15 is 0 Å². The van der Waals surface area contributed by atoms with Gasteiger partial charge in [-0.1, -0.05) is 25.4 Å². The molecule has 1 aliphatic carbocycles. The van der Waals surface area contributed by atoms with Crippen LogP contribution in [0.2, 0.25) is 5.15 Å². The fraction of sp³-hybridized carbons (Fsp3) is 0.643. The first kappa shape index (κ1) is 12.8. The normalized spacial score (nSPS) is 20.4. The second-order valence-corrected chi connectivity index (χ2v) is 6.05. The van der Waals surface area contributed by atoms with Crippen LogP contribution in [0.4, 0.5) is 0 Å². The number of halogens is 1. The molecule has 0 bridgehead atoms. The summed E-state index contributed by atoms with van der Waals surface area (Å²) in [6, 6.07) is 3.83. The van der Waals surface area contributed by atoms with Crippen LogP contribution < -0.4 is 0 Å². The van der Waals surface area contributed by atoms with Gasteiger partial charge in [0.15, 0.2) is 0 Å². The molecule has 94 valence electrons. The number of aromatic nitrogens is 1. The third-order valence-corrected chi connectivity index (χ3v) is 3.77. The Morgan fingerprint density at radius 1 is 1.41 bits per heavy atom. The minimum absolute atomic E-state index is 0.412. The number of nitrogens with zero attached hydrogens (tertiary/aromatic N) is 1. The van der Waals surface area contributed by atoms with Crippen molar-refractivity contribution < 1.29 is 4.74 Å². The highest BCUT2D eigenvalue weighted by Crippen LogP contribution is 2.36. The third-order valence-electron chi connectivity index (χ3n) is 3.56. The number of hydrogen-bond donors (Lipinski definition) is 0. The average molecular weight is 254 g/mol. The van der Waals surface area contributed by atoms with Gasteiger partial charge in [-0.05, 0) is 48.8 Å². The van der Waals surface area contributed by atoms with Crippen molar-refractivity contribution in [2.45, 2.75) is 52.2 Å². The second-order valence-electron chi connectivity index (χ2n) is 5.66. The Hall–Kier alpha value is -0.600. The molecule has 2 rings (SSSR count). The van der Waals surface area contributed by atoms with E-state index < -0.39 is 0 Å². The number of pyridine rings is 1. The van der Waals surface area contributed by atoms with Crippen molar-refractivity contribution in [1.29, 1.82) is 0 Å². The summed E-state index contributed by atoms with van der Waals surface area (Å²) in [7, 11) is 0. The molecule has 1 fully saturated rings. The Morgan fingerprint density at radius 2 is 2.12 bits per heavy atom. The summed E-state index contributed by atoms with van der Waals surface area (Å²) >= 11 is 5.84. The van der Waals surface area contributed by atoms with E-state index in [1.165, 1.54) is 25.7 Å². The SMILES string of the molecule is CC1(C)CCC(OCc2ccnc(Cl)c2)CC1. The molecule has 1 aromatic rings. The van der Waals surface area contributed by atoms with Gasteiger partial charge in [0.05, 0.1) is 12.7 Å². The molecule has 0 amide bonds. The Morgan fingerprint density at radius 3 is 2.76 bits per heavy atom. The van der Waals surface area contributed by atoms with Crippen LogP contribution in [0.5, 0.6) is 0 Å². The largest absolute Gasteiger partial charge is 0.374 e. The van der Waals surface area contributed by atoms with Crippen LogP contribution in [0.15, 0.2) is 18.3 Å². The van der Waals surface area contributed by atoms with Crippen LogP contribution in [0.1, 0.15) is 45.1 Å². The van der Waals surface area contributed by atoms with Crippen molar-refractivity contribution >= 4 is 11.6 Å². The molecule has 0 spiro atoms. The number of rotatable bonds is 3. The van der Waals surface area contributed by atoms with Gasteiger partial charge >= 0.3 is 0 Å². The van der Waals surface area contributed by atoms with Crippen molar-refractivity contribution in [2.24, 2.45) is 5.41 Å². The fourth-order valence-electron chi connectivity index (χ4n) is 2.29. The maximum atomic E-state index is 5.93. The molecule has 1 saturated carbocycles. The lowest BCUT2D eigenvalue weighted by atomic mass is 9.76. The van der Waals surface area contributed by atoms with E-state index in [4.69, 9.17) is 16.3 Å². The van der Waals surface area contributed by atoms with Gasteiger partial charge in [-0.2, -0.15) is 0 Å². The van der Waals surface area contributed by atoms with Gasteiger partial charge in [0.1, 0.15) is 5.15 Å². The van der Waals surface area contributed by atoms with Crippen molar-refractivity contribution in [3.8, 4) is 0 Å². The molecule has 0 unspecified atom stereocenters. The Labute approximate surface area is 108 Å². The van der Waals surface area contributed by atoms with Crippen LogP contribution >= 0.6 is 11.6 Å². The molecule has 0 radical (unpaired) electrons. The second kappa shape index (κ2) is 5.36. The summed E-state index contributed by atoms with van der Waals surface area (Å²) < 4.78 is 5.93. The Balaban J connectivity index is 1.80. The zero-order valence-electron chi connectivity index (χ0n) is 10.6. The first-order chi connectivity index (χ1) is 8.05. The van der Waals surface area contributed by atoms with E-state index in [0.717, 1.165) is 5.56 Å². The molecule has 0 aliphatic heterocycles. The molecule has 0 atom stereocenters. The minimum Gasteiger partial charge on any atom is -0.374 e. The van der Waals surface area contributed by atoms with Crippen LogP contribution in [0, 0.1) is 5.41 Å². The topological polar surface area (TPSA) is 22.1 Å². The zero-order valence-corrected chi connectivity index (χ0v) is 11.3. The first-order valence-corrected chi connectivity index (χ1v) is 6.65. The molecule has 0 aromatic carbocycles. The van der Waals surface area contributed by atoms with Crippen LogP contribution in [-0.4, -0.2) is 11.1 Å². The Bertz CT molecular complexity index is 368. The molecular weight excluding hydrogens is 234 g/mol. The van der Waals surface area contributed by atoms with Crippen LogP contribution in [0.3, 0.4) is 0 Å². The minimum atomic E-state index is 0.412. The molecular formula is C14H20ClNO. The molecule has 17 heavy (non-hydrogen) atoms. The molecule has 1 heterocycles. The van der Waals surface area contributed by atoms with E-state index in [9.17, 15) is 0 Å². The first-order valence-electron chi connectivity index (χ1n) is 6.27. The Kier molecular flexibility index (Phi) is 4.05. The zero-order chi connectivity index (χ0) is 12.3.